The maximum atomic E-state index is 12.7. The van der Waals surface area contributed by atoms with Crippen LogP contribution in [0.5, 0.6) is 0 Å². The van der Waals surface area contributed by atoms with Gasteiger partial charge in [-0.15, -0.1) is 0 Å². The summed E-state index contributed by atoms with van der Waals surface area (Å²) in [5.74, 6) is 0.825. The van der Waals surface area contributed by atoms with Crippen LogP contribution < -0.4 is 0 Å². The molecule has 3 rings (SSSR count). The zero-order valence-corrected chi connectivity index (χ0v) is 11.3. The molecular formula is C15H17F3N2. The number of hydrogen-bond acceptors (Lipinski definition) is 1. The molecule has 0 bridgehead atoms. The summed E-state index contributed by atoms with van der Waals surface area (Å²) in [7, 11) is 0. The molecule has 108 valence electrons. The molecule has 0 amide bonds. The maximum absolute atomic E-state index is 12.7. The second kappa shape index (κ2) is 4.50. The zero-order valence-electron chi connectivity index (χ0n) is 11.3. The van der Waals surface area contributed by atoms with Crippen LogP contribution in [-0.2, 0) is 11.6 Å². The first-order valence-electron chi connectivity index (χ1n) is 6.96. The van der Waals surface area contributed by atoms with Gasteiger partial charge >= 0.3 is 6.18 Å². The van der Waals surface area contributed by atoms with Gasteiger partial charge in [0.25, 0.3) is 0 Å². The van der Waals surface area contributed by atoms with Gasteiger partial charge < -0.3 is 4.98 Å². The first-order chi connectivity index (χ1) is 9.38. The van der Waals surface area contributed by atoms with E-state index in [2.05, 4.69) is 16.9 Å². The Kier molecular flexibility index (Phi) is 3.03. The van der Waals surface area contributed by atoms with Crippen molar-refractivity contribution in [2.45, 2.75) is 50.6 Å². The molecule has 20 heavy (non-hydrogen) atoms. The topological polar surface area (TPSA) is 28.7 Å². The second-order valence-corrected chi connectivity index (χ2v) is 5.94. The number of imidazole rings is 1. The van der Waals surface area contributed by atoms with Crippen molar-refractivity contribution in [1.82, 2.24) is 9.97 Å². The Bertz CT molecular complexity index is 622. The number of halogens is 3. The Morgan fingerprint density at radius 1 is 1.15 bits per heavy atom. The predicted octanol–water partition coefficient (Wildman–Crippen LogP) is 4.80. The number of rotatable bonds is 1. The molecule has 1 N–H and O–H groups in total. The minimum Gasteiger partial charge on any atom is -0.342 e. The molecule has 0 spiro atoms. The Balaban J connectivity index is 2.02. The molecule has 5 heteroatoms. The van der Waals surface area contributed by atoms with Crippen molar-refractivity contribution < 1.29 is 13.2 Å². The van der Waals surface area contributed by atoms with Gasteiger partial charge in [-0.1, -0.05) is 26.2 Å². The lowest BCUT2D eigenvalue weighted by Crippen LogP contribution is -2.26. The third kappa shape index (κ3) is 2.30. The van der Waals surface area contributed by atoms with Gasteiger partial charge in [0.15, 0.2) is 0 Å². The minimum atomic E-state index is -4.31. The van der Waals surface area contributed by atoms with Crippen molar-refractivity contribution in [1.29, 1.82) is 0 Å². The van der Waals surface area contributed by atoms with Crippen LogP contribution in [-0.4, -0.2) is 9.97 Å². The summed E-state index contributed by atoms with van der Waals surface area (Å²) < 4.78 is 38.2. The third-order valence-corrected chi connectivity index (χ3v) is 4.34. The van der Waals surface area contributed by atoms with Gasteiger partial charge in [0.2, 0.25) is 0 Å². The van der Waals surface area contributed by atoms with E-state index in [0.717, 1.165) is 43.6 Å². The second-order valence-electron chi connectivity index (χ2n) is 5.94. The van der Waals surface area contributed by atoms with Crippen LogP contribution in [0.2, 0.25) is 0 Å². The number of H-pyrrole nitrogens is 1. The van der Waals surface area contributed by atoms with E-state index in [1.54, 1.807) is 0 Å². The van der Waals surface area contributed by atoms with Crippen LogP contribution in [0, 0.1) is 0 Å². The average molecular weight is 282 g/mol. The number of aromatic amines is 1. The summed E-state index contributed by atoms with van der Waals surface area (Å²) in [5, 5.41) is 0. The van der Waals surface area contributed by atoms with E-state index in [9.17, 15) is 13.2 Å². The molecule has 1 aliphatic carbocycles. The number of aromatic nitrogens is 2. The highest BCUT2D eigenvalue weighted by molar-refractivity contribution is 5.76. The Labute approximate surface area is 115 Å². The number of nitrogens with one attached hydrogen (secondary N) is 1. The number of hydrogen-bond donors (Lipinski definition) is 1. The van der Waals surface area contributed by atoms with E-state index in [4.69, 9.17) is 0 Å². The van der Waals surface area contributed by atoms with E-state index in [-0.39, 0.29) is 5.41 Å². The highest BCUT2D eigenvalue weighted by Crippen LogP contribution is 2.38. The summed E-state index contributed by atoms with van der Waals surface area (Å²) in [4.78, 5) is 7.62. The van der Waals surface area contributed by atoms with Gasteiger partial charge in [0.05, 0.1) is 16.6 Å². The molecule has 0 radical (unpaired) electrons. The van der Waals surface area contributed by atoms with Gasteiger partial charge in [-0.2, -0.15) is 13.2 Å². The molecule has 1 aromatic heterocycles. The molecule has 2 aromatic rings. The molecule has 1 aliphatic rings. The van der Waals surface area contributed by atoms with Gasteiger partial charge in [-0.25, -0.2) is 4.98 Å². The molecule has 0 unspecified atom stereocenters. The molecule has 1 heterocycles. The largest absolute Gasteiger partial charge is 0.416 e. The molecule has 0 saturated heterocycles. The summed E-state index contributed by atoms with van der Waals surface area (Å²) in [6.45, 7) is 2.15. The Hall–Kier alpha value is -1.52. The van der Waals surface area contributed by atoms with Crippen LogP contribution in [0.25, 0.3) is 11.0 Å². The molecule has 2 nitrogen and oxygen atoms in total. The first kappa shape index (κ1) is 13.5. The molecule has 1 fully saturated rings. The number of fused-ring (bicyclic) bond motifs is 1. The van der Waals surface area contributed by atoms with E-state index >= 15 is 0 Å². The molecule has 0 atom stereocenters. The third-order valence-electron chi connectivity index (χ3n) is 4.34. The normalized spacial score (nSPS) is 19.4. The maximum Gasteiger partial charge on any atom is 0.416 e. The van der Waals surface area contributed by atoms with E-state index in [1.165, 1.54) is 12.5 Å². The lowest BCUT2D eigenvalue weighted by Gasteiger charge is -2.31. The minimum absolute atomic E-state index is 0.0321. The van der Waals surface area contributed by atoms with Gasteiger partial charge in [0.1, 0.15) is 5.82 Å². The fourth-order valence-corrected chi connectivity index (χ4v) is 3.04. The van der Waals surface area contributed by atoms with E-state index < -0.39 is 11.7 Å². The van der Waals surface area contributed by atoms with Crippen molar-refractivity contribution in [2.75, 3.05) is 0 Å². The average Bonchev–Trinajstić information content (AvgIpc) is 2.82. The Morgan fingerprint density at radius 2 is 1.85 bits per heavy atom. The van der Waals surface area contributed by atoms with Crippen LogP contribution in [0.4, 0.5) is 13.2 Å². The molecule has 1 aromatic carbocycles. The Morgan fingerprint density at radius 3 is 2.50 bits per heavy atom. The van der Waals surface area contributed by atoms with Gasteiger partial charge in [-0.05, 0) is 31.0 Å². The van der Waals surface area contributed by atoms with Crippen LogP contribution in [0.3, 0.4) is 0 Å². The summed E-state index contributed by atoms with van der Waals surface area (Å²) in [6, 6.07) is 3.69. The lowest BCUT2D eigenvalue weighted by molar-refractivity contribution is -0.137. The van der Waals surface area contributed by atoms with Crippen molar-refractivity contribution in [3.05, 3.63) is 29.6 Å². The lowest BCUT2D eigenvalue weighted by atomic mass is 9.75. The van der Waals surface area contributed by atoms with Crippen LogP contribution >= 0.6 is 0 Å². The molecule has 1 saturated carbocycles. The predicted molar refractivity (Wildman–Crippen MR) is 71.5 cm³/mol. The first-order valence-corrected chi connectivity index (χ1v) is 6.96. The van der Waals surface area contributed by atoms with Crippen LogP contribution in [0.1, 0.15) is 50.4 Å². The zero-order chi connectivity index (χ0) is 14.4. The SMILES string of the molecule is CC1(c2nc3ccc(C(F)(F)F)cc3[nH]2)CCCCC1. The van der Waals surface area contributed by atoms with Crippen molar-refractivity contribution in [3.63, 3.8) is 0 Å². The van der Waals surface area contributed by atoms with E-state index in [0.29, 0.717) is 11.0 Å². The number of nitrogens with zero attached hydrogens (tertiary/aromatic N) is 1. The summed E-state index contributed by atoms with van der Waals surface area (Å²) in [5.41, 5.74) is 0.422. The van der Waals surface area contributed by atoms with Crippen molar-refractivity contribution >= 4 is 11.0 Å². The number of benzene rings is 1. The standard InChI is InChI=1S/C15H17F3N2/c1-14(7-3-2-4-8-14)13-19-11-6-5-10(15(16,17)18)9-12(11)20-13/h5-6,9H,2-4,7-8H2,1H3,(H,19,20). The molecule has 0 aliphatic heterocycles. The monoisotopic (exact) mass is 282 g/mol. The van der Waals surface area contributed by atoms with Gasteiger partial charge in [0, 0.05) is 5.41 Å². The van der Waals surface area contributed by atoms with Crippen LogP contribution in [0.15, 0.2) is 18.2 Å². The highest BCUT2D eigenvalue weighted by atomic mass is 19.4. The summed E-state index contributed by atoms with van der Waals surface area (Å²) >= 11 is 0. The quantitative estimate of drug-likeness (QED) is 0.799. The smallest absolute Gasteiger partial charge is 0.342 e. The number of alkyl halides is 3. The van der Waals surface area contributed by atoms with E-state index in [1.807, 2.05) is 0 Å². The van der Waals surface area contributed by atoms with Crippen molar-refractivity contribution in [3.8, 4) is 0 Å². The fraction of sp³-hybridized carbons (Fsp3) is 0.533. The summed E-state index contributed by atoms with van der Waals surface area (Å²) in [6.07, 6.45) is 1.31. The highest BCUT2D eigenvalue weighted by Gasteiger charge is 2.33. The van der Waals surface area contributed by atoms with Gasteiger partial charge in [-0.3, -0.25) is 0 Å². The molecular weight excluding hydrogens is 265 g/mol. The van der Waals surface area contributed by atoms with Crippen molar-refractivity contribution in [2.24, 2.45) is 0 Å². The fourth-order valence-electron chi connectivity index (χ4n) is 3.04.